The lowest BCUT2D eigenvalue weighted by Gasteiger charge is -2.15. The number of imidazole rings is 1. The number of H-pyrrole nitrogens is 1. The standard InChI is InChI=1S/C23H18N4O2/c1-27-19-12-11-15(13-18(19)26-23(27)29)24-21(14-7-3-2-4-8-14)20-16-9-5-6-10-17(16)25-22(20)28/h2-13,24H,1H3,(H,25,28)(H,26,29)/b21-20-. The van der Waals surface area contributed by atoms with Gasteiger partial charge in [0.25, 0.3) is 5.91 Å². The fraction of sp³-hybridized carbons (Fsp3) is 0.0435. The molecule has 0 unspecified atom stereocenters. The monoisotopic (exact) mass is 382 g/mol. The number of anilines is 2. The van der Waals surface area contributed by atoms with E-state index in [0.29, 0.717) is 11.3 Å². The van der Waals surface area contributed by atoms with Crippen molar-refractivity contribution in [2.24, 2.45) is 7.05 Å². The molecule has 0 aliphatic carbocycles. The molecule has 1 aromatic heterocycles. The lowest BCUT2D eigenvalue weighted by Crippen LogP contribution is -2.11. The summed E-state index contributed by atoms with van der Waals surface area (Å²) < 4.78 is 1.57. The average molecular weight is 382 g/mol. The van der Waals surface area contributed by atoms with Crippen LogP contribution in [0.4, 0.5) is 11.4 Å². The van der Waals surface area contributed by atoms with Gasteiger partial charge in [-0.2, -0.15) is 0 Å². The molecule has 4 aromatic rings. The summed E-state index contributed by atoms with van der Waals surface area (Å²) >= 11 is 0. The number of rotatable bonds is 3. The number of hydrogen-bond donors (Lipinski definition) is 3. The van der Waals surface area contributed by atoms with E-state index in [1.165, 1.54) is 0 Å². The molecule has 29 heavy (non-hydrogen) atoms. The quantitative estimate of drug-likeness (QED) is 0.472. The number of aromatic amines is 1. The van der Waals surface area contributed by atoms with Crippen LogP contribution in [0.2, 0.25) is 0 Å². The maximum Gasteiger partial charge on any atom is 0.326 e. The molecule has 3 aromatic carbocycles. The first-order valence-corrected chi connectivity index (χ1v) is 9.28. The van der Waals surface area contributed by atoms with Gasteiger partial charge in [0, 0.05) is 24.0 Å². The Balaban J connectivity index is 1.69. The number of amides is 1. The number of carbonyl (C=O) groups excluding carboxylic acids is 1. The third-order valence-corrected chi connectivity index (χ3v) is 5.16. The van der Waals surface area contributed by atoms with Crippen LogP contribution in [0.3, 0.4) is 0 Å². The summed E-state index contributed by atoms with van der Waals surface area (Å²) in [5.74, 6) is -0.147. The van der Waals surface area contributed by atoms with Crippen LogP contribution in [0.25, 0.3) is 22.3 Å². The predicted molar refractivity (Wildman–Crippen MR) is 115 cm³/mol. The van der Waals surface area contributed by atoms with E-state index in [9.17, 15) is 9.59 Å². The highest BCUT2D eigenvalue weighted by Gasteiger charge is 2.28. The van der Waals surface area contributed by atoms with Crippen molar-refractivity contribution in [2.45, 2.75) is 0 Å². The third kappa shape index (κ3) is 2.82. The molecule has 1 amide bonds. The highest BCUT2D eigenvalue weighted by molar-refractivity contribution is 6.37. The van der Waals surface area contributed by atoms with Gasteiger partial charge in [-0.25, -0.2) is 4.79 Å². The molecular formula is C23H18N4O2. The van der Waals surface area contributed by atoms with Crippen LogP contribution in [0.15, 0.2) is 77.6 Å². The molecule has 2 heterocycles. The highest BCUT2D eigenvalue weighted by atomic mass is 16.2. The summed E-state index contributed by atoms with van der Waals surface area (Å²) in [6, 6.07) is 23.0. The lowest BCUT2D eigenvalue weighted by atomic mass is 10.00. The van der Waals surface area contributed by atoms with Crippen LogP contribution in [-0.4, -0.2) is 15.5 Å². The fourth-order valence-corrected chi connectivity index (χ4v) is 3.71. The van der Waals surface area contributed by atoms with E-state index < -0.39 is 0 Å². The summed E-state index contributed by atoms with van der Waals surface area (Å²) in [6.45, 7) is 0. The van der Waals surface area contributed by atoms with Crippen molar-refractivity contribution in [3.05, 3.63) is 94.4 Å². The van der Waals surface area contributed by atoms with E-state index in [1.54, 1.807) is 11.6 Å². The number of fused-ring (bicyclic) bond motifs is 2. The SMILES string of the molecule is Cn1c(=O)[nH]c2cc(N/C(=C3\C(=O)Nc4ccccc43)c3ccccc3)ccc21. The van der Waals surface area contributed by atoms with Crippen LogP contribution in [-0.2, 0) is 11.8 Å². The fourth-order valence-electron chi connectivity index (χ4n) is 3.71. The number of benzene rings is 3. The number of carbonyl (C=O) groups is 1. The summed E-state index contributed by atoms with van der Waals surface area (Å²) in [6.07, 6.45) is 0. The van der Waals surface area contributed by atoms with Crippen molar-refractivity contribution in [1.82, 2.24) is 9.55 Å². The zero-order valence-corrected chi connectivity index (χ0v) is 15.7. The van der Waals surface area contributed by atoms with E-state index in [1.807, 2.05) is 72.8 Å². The zero-order valence-electron chi connectivity index (χ0n) is 15.7. The molecule has 0 atom stereocenters. The summed E-state index contributed by atoms with van der Waals surface area (Å²) in [4.78, 5) is 27.6. The van der Waals surface area contributed by atoms with Crippen molar-refractivity contribution >= 4 is 39.6 Å². The maximum absolute atomic E-state index is 12.8. The molecular weight excluding hydrogens is 364 g/mol. The van der Waals surface area contributed by atoms with Gasteiger partial charge < -0.3 is 15.6 Å². The van der Waals surface area contributed by atoms with Crippen LogP contribution >= 0.6 is 0 Å². The molecule has 142 valence electrons. The van der Waals surface area contributed by atoms with Gasteiger partial charge in [-0.15, -0.1) is 0 Å². The molecule has 3 N–H and O–H groups in total. The number of para-hydroxylation sites is 1. The number of nitrogens with zero attached hydrogens (tertiary/aromatic N) is 1. The van der Waals surface area contributed by atoms with E-state index in [-0.39, 0.29) is 11.6 Å². The van der Waals surface area contributed by atoms with Crippen molar-refractivity contribution < 1.29 is 4.79 Å². The van der Waals surface area contributed by atoms with Gasteiger partial charge in [0.2, 0.25) is 0 Å². The van der Waals surface area contributed by atoms with E-state index in [0.717, 1.165) is 33.5 Å². The van der Waals surface area contributed by atoms with Gasteiger partial charge in [0.15, 0.2) is 0 Å². The average Bonchev–Trinajstić information content (AvgIpc) is 3.22. The molecule has 1 aliphatic heterocycles. The smallest absolute Gasteiger partial charge is 0.326 e. The molecule has 0 saturated carbocycles. The molecule has 0 saturated heterocycles. The van der Waals surface area contributed by atoms with E-state index >= 15 is 0 Å². The minimum absolute atomic E-state index is 0.147. The predicted octanol–water partition coefficient (Wildman–Crippen LogP) is 3.80. The van der Waals surface area contributed by atoms with Gasteiger partial charge in [-0.1, -0.05) is 48.5 Å². The Hall–Kier alpha value is -4.06. The minimum Gasteiger partial charge on any atom is -0.354 e. The summed E-state index contributed by atoms with van der Waals surface area (Å²) in [7, 11) is 1.73. The van der Waals surface area contributed by atoms with Gasteiger partial charge >= 0.3 is 5.69 Å². The van der Waals surface area contributed by atoms with Crippen LogP contribution in [0, 0.1) is 0 Å². The van der Waals surface area contributed by atoms with Crippen LogP contribution in [0.5, 0.6) is 0 Å². The van der Waals surface area contributed by atoms with Crippen LogP contribution in [0.1, 0.15) is 11.1 Å². The number of nitrogens with one attached hydrogen (secondary N) is 3. The maximum atomic E-state index is 12.8. The second kappa shape index (κ2) is 6.53. The lowest BCUT2D eigenvalue weighted by molar-refractivity contribution is -0.110. The second-order valence-electron chi connectivity index (χ2n) is 6.96. The molecule has 1 aliphatic rings. The number of aryl methyl sites for hydroxylation is 1. The molecule has 0 bridgehead atoms. The Morgan fingerprint density at radius 3 is 2.52 bits per heavy atom. The van der Waals surface area contributed by atoms with Crippen molar-refractivity contribution in [2.75, 3.05) is 10.6 Å². The normalized spacial score (nSPS) is 14.6. The molecule has 0 spiro atoms. The molecule has 0 fully saturated rings. The molecule has 5 rings (SSSR count). The molecule has 6 nitrogen and oxygen atoms in total. The topological polar surface area (TPSA) is 78.9 Å². The highest BCUT2D eigenvalue weighted by Crippen LogP contribution is 2.37. The first-order chi connectivity index (χ1) is 14.1. The first-order valence-electron chi connectivity index (χ1n) is 9.28. The van der Waals surface area contributed by atoms with Crippen molar-refractivity contribution in [3.8, 4) is 0 Å². The first kappa shape index (κ1) is 17.1. The Kier molecular flexibility index (Phi) is 3.84. The second-order valence-corrected chi connectivity index (χ2v) is 6.96. The van der Waals surface area contributed by atoms with Gasteiger partial charge in [-0.05, 0) is 29.8 Å². The van der Waals surface area contributed by atoms with Crippen molar-refractivity contribution in [3.63, 3.8) is 0 Å². The number of aromatic nitrogens is 2. The molecule has 6 heteroatoms. The van der Waals surface area contributed by atoms with Gasteiger partial charge in [0.1, 0.15) is 0 Å². The Bertz CT molecular complexity index is 1350. The summed E-state index contributed by atoms with van der Waals surface area (Å²) in [5.41, 5.74) is 6.03. The zero-order chi connectivity index (χ0) is 20.0. The van der Waals surface area contributed by atoms with Gasteiger partial charge in [-0.3, -0.25) is 9.36 Å². The van der Waals surface area contributed by atoms with Crippen molar-refractivity contribution in [1.29, 1.82) is 0 Å². The van der Waals surface area contributed by atoms with Crippen LogP contribution < -0.4 is 16.3 Å². The Morgan fingerprint density at radius 2 is 1.69 bits per heavy atom. The minimum atomic E-state index is -0.164. The molecule has 0 radical (unpaired) electrons. The number of hydrogen-bond acceptors (Lipinski definition) is 3. The van der Waals surface area contributed by atoms with Gasteiger partial charge in [0.05, 0.1) is 22.3 Å². The summed E-state index contributed by atoms with van der Waals surface area (Å²) in [5, 5.41) is 6.35. The Morgan fingerprint density at radius 1 is 0.931 bits per heavy atom. The van der Waals surface area contributed by atoms with E-state index in [2.05, 4.69) is 15.6 Å². The third-order valence-electron chi connectivity index (χ3n) is 5.16. The largest absolute Gasteiger partial charge is 0.354 e. The Labute approximate surface area is 166 Å². The van der Waals surface area contributed by atoms with E-state index in [4.69, 9.17) is 0 Å².